The summed E-state index contributed by atoms with van der Waals surface area (Å²) >= 11 is 0. The maximum atomic E-state index is 12.0. The van der Waals surface area contributed by atoms with Crippen LogP contribution in [0.2, 0.25) is 0 Å². The van der Waals surface area contributed by atoms with Gasteiger partial charge in [-0.05, 0) is 13.3 Å². The van der Waals surface area contributed by atoms with Crippen LogP contribution in [0.3, 0.4) is 0 Å². The van der Waals surface area contributed by atoms with Gasteiger partial charge in [0.15, 0.2) is 0 Å². The van der Waals surface area contributed by atoms with E-state index < -0.39 is 36.6 Å². The summed E-state index contributed by atoms with van der Waals surface area (Å²) in [5.74, 6) is -2.01. The number of rotatable bonds is 4. The van der Waals surface area contributed by atoms with Crippen LogP contribution in [0.25, 0.3) is 0 Å². The quantitative estimate of drug-likeness (QED) is 0.563. The lowest BCUT2D eigenvalue weighted by atomic mass is 10.1. The second kappa shape index (κ2) is 5.21. The van der Waals surface area contributed by atoms with Crippen LogP contribution in [0.15, 0.2) is 0 Å². The van der Waals surface area contributed by atoms with E-state index >= 15 is 0 Å². The van der Waals surface area contributed by atoms with Crippen molar-refractivity contribution in [2.24, 2.45) is 5.73 Å². The van der Waals surface area contributed by atoms with Crippen molar-refractivity contribution < 1.29 is 24.6 Å². The normalized spacial score (nSPS) is 22.9. The first-order valence-electron chi connectivity index (χ1n) is 5.47. The largest absolute Gasteiger partial charge is 0.480 e. The smallest absolute Gasteiger partial charge is 0.323 e. The number of nitrogens with two attached hydrogens (primary N) is 1. The number of hydrogen-bond donors (Lipinski definition) is 3. The molecule has 1 atom stereocenters. The van der Waals surface area contributed by atoms with Gasteiger partial charge < -0.3 is 25.7 Å². The van der Waals surface area contributed by atoms with Gasteiger partial charge in [0.2, 0.25) is 5.91 Å². The van der Waals surface area contributed by atoms with Gasteiger partial charge in [0.25, 0.3) is 0 Å². The zero-order valence-corrected chi connectivity index (χ0v) is 10.1. The Hall–Kier alpha value is -1.83. The summed E-state index contributed by atoms with van der Waals surface area (Å²) in [5, 5.41) is 18.4. The number of amides is 3. The Kier molecular flexibility index (Phi) is 4.12. The van der Waals surface area contributed by atoms with Crippen molar-refractivity contribution in [3.05, 3.63) is 0 Å². The van der Waals surface area contributed by atoms with Gasteiger partial charge in [-0.3, -0.25) is 9.59 Å². The molecule has 1 saturated heterocycles. The van der Waals surface area contributed by atoms with Crippen molar-refractivity contribution in [1.29, 1.82) is 0 Å². The lowest BCUT2D eigenvalue weighted by Crippen LogP contribution is -2.48. The van der Waals surface area contributed by atoms with Gasteiger partial charge in [-0.1, -0.05) is 0 Å². The van der Waals surface area contributed by atoms with Crippen LogP contribution in [0, 0.1) is 0 Å². The number of aliphatic hydroxyl groups is 1. The van der Waals surface area contributed by atoms with E-state index in [0.717, 1.165) is 4.90 Å². The third kappa shape index (κ3) is 3.88. The third-order valence-corrected chi connectivity index (χ3v) is 2.67. The van der Waals surface area contributed by atoms with Gasteiger partial charge in [0, 0.05) is 6.54 Å². The number of aliphatic carboxylic acids is 1. The summed E-state index contributed by atoms with van der Waals surface area (Å²) in [6, 6.07) is -0.603. The highest BCUT2D eigenvalue weighted by Gasteiger charge is 2.36. The van der Waals surface area contributed by atoms with E-state index in [0.29, 0.717) is 13.0 Å². The van der Waals surface area contributed by atoms with Gasteiger partial charge in [-0.25, -0.2) is 4.79 Å². The number of nitrogens with zero attached hydrogens (tertiary/aromatic N) is 2. The van der Waals surface area contributed by atoms with Crippen molar-refractivity contribution in [3.63, 3.8) is 0 Å². The monoisotopic (exact) mass is 259 g/mol. The summed E-state index contributed by atoms with van der Waals surface area (Å²) in [6.45, 7) is 0.974. The Bertz CT molecular complexity index is 353. The van der Waals surface area contributed by atoms with E-state index in [1.807, 2.05) is 0 Å². The van der Waals surface area contributed by atoms with Crippen LogP contribution >= 0.6 is 0 Å². The van der Waals surface area contributed by atoms with Crippen molar-refractivity contribution in [1.82, 2.24) is 9.80 Å². The van der Waals surface area contributed by atoms with Crippen molar-refractivity contribution in [2.45, 2.75) is 18.9 Å². The van der Waals surface area contributed by atoms with E-state index in [1.165, 1.54) is 4.90 Å². The fourth-order valence-corrected chi connectivity index (χ4v) is 1.85. The molecule has 1 aliphatic rings. The molecule has 0 aliphatic carbocycles. The topological polar surface area (TPSA) is 124 Å². The number of carboxylic acids is 1. The number of hydrogen-bond acceptors (Lipinski definition) is 4. The highest BCUT2D eigenvalue weighted by atomic mass is 16.4. The van der Waals surface area contributed by atoms with E-state index in [9.17, 15) is 19.5 Å². The van der Waals surface area contributed by atoms with Crippen LogP contribution in [-0.4, -0.2) is 69.7 Å². The van der Waals surface area contributed by atoms with Crippen LogP contribution in [0.1, 0.15) is 13.3 Å². The summed E-state index contributed by atoms with van der Waals surface area (Å²) in [7, 11) is 0. The van der Waals surface area contributed by atoms with Crippen LogP contribution in [0.5, 0.6) is 0 Å². The molecule has 8 nitrogen and oxygen atoms in total. The number of primary amides is 1. The minimum atomic E-state index is -1.23. The van der Waals surface area contributed by atoms with Gasteiger partial charge in [-0.2, -0.15) is 0 Å². The van der Waals surface area contributed by atoms with Crippen LogP contribution in [-0.2, 0) is 9.59 Å². The molecule has 8 heteroatoms. The van der Waals surface area contributed by atoms with Crippen molar-refractivity contribution in [2.75, 3.05) is 26.2 Å². The highest BCUT2D eigenvalue weighted by Crippen LogP contribution is 2.21. The van der Waals surface area contributed by atoms with Crippen LogP contribution < -0.4 is 5.73 Å². The zero-order chi connectivity index (χ0) is 13.9. The van der Waals surface area contributed by atoms with Crippen LogP contribution in [0.4, 0.5) is 4.79 Å². The third-order valence-electron chi connectivity index (χ3n) is 2.67. The summed E-state index contributed by atoms with van der Waals surface area (Å²) in [4.78, 5) is 35.6. The maximum Gasteiger partial charge on any atom is 0.323 e. The molecule has 0 aromatic heterocycles. The predicted molar refractivity (Wildman–Crippen MR) is 60.6 cm³/mol. The van der Waals surface area contributed by atoms with Gasteiger partial charge in [0.1, 0.15) is 13.1 Å². The minimum absolute atomic E-state index is 0.112. The molecule has 0 aromatic rings. The second-order valence-electron chi connectivity index (χ2n) is 4.67. The molecule has 18 heavy (non-hydrogen) atoms. The minimum Gasteiger partial charge on any atom is -0.480 e. The number of carbonyl (C=O) groups is 3. The summed E-state index contributed by atoms with van der Waals surface area (Å²) < 4.78 is 0. The second-order valence-corrected chi connectivity index (χ2v) is 4.67. The molecular formula is C10H17N3O5. The molecule has 0 aromatic carbocycles. The molecule has 0 bridgehead atoms. The van der Waals surface area contributed by atoms with E-state index in [-0.39, 0.29) is 6.54 Å². The molecule has 1 unspecified atom stereocenters. The SMILES string of the molecule is CC1(O)CCN(C(=O)N(CC(N)=O)CC(=O)O)C1. The zero-order valence-electron chi connectivity index (χ0n) is 10.1. The van der Waals surface area contributed by atoms with Gasteiger partial charge in [0.05, 0.1) is 12.1 Å². The number of urea groups is 1. The average Bonchev–Trinajstić information content (AvgIpc) is 2.55. The molecule has 3 amide bonds. The Balaban J connectivity index is 2.70. The molecule has 102 valence electrons. The first kappa shape index (κ1) is 14.2. The Morgan fingerprint density at radius 1 is 1.39 bits per heavy atom. The fourth-order valence-electron chi connectivity index (χ4n) is 1.85. The van der Waals surface area contributed by atoms with Crippen molar-refractivity contribution >= 4 is 17.9 Å². The van der Waals surface area contributed by atoms with Gasteiger partial charge in [-0.15, -0.1) is 0 Å². The molecule has 4 N–H and O–H groups in total. The molecule has 0 saturated carbocycles. The molecule has 1 heterocycles. The number of carboxylic acid groups (broad SMARTS) is 1. The predicted octanol–water partition coefficient (Wildman–Crippen LogP) is -1.56. The molecule has 1 aliphatic heterocycles. The number of carbonyl (C=O) groups excluding carboxylic acids is 2. The molecule has 1 rings (SSSR count). The number of likely N-dealkylation sites (tertiary alicyclic amines) is 1. The number of β-amino-alcohol motifs (C(OH)–C–C–N with tert-alkyl or cyclic N) is 1. The molecule has 1 fully saturated rings. The maximum absolute atomic E-state index is 12.0. The molecular weight excluding hydrogens is 242 g/mol. The van der Waals surface area contributed by atoms with E-state index in [2.05, 4.69) is 0 Å². The lowest BCUT2D eigenvalue weighted by molar-refractivity contribution is -0.138. The lowest BCUT2D eigenvalue weighted by Gasteiger charge is -2.26. The first-order valence-corrected chi connectivity index (χ1v) is 5.47. The first-order chi connectivity index (χ1) is 8.21. The Morgan fingerprint density at radius 2 is 2.00 bits per heavy atom. The molecule has 0 radical (unpaired) electrons. The Morgan fingerprint density at radius 3 is 2.39 bits per heavy atom. The average molecular weight is 259 g/mol. The van der Waals surface area contributed by atoms with Gasteiger partial charge >= 0.3 is 12.0 Å². The molecule has 0 spiro atoms. The van der Waals surface area contributed by atoms with E-state index in [1.54, 1.807) is 6.92 Å². The standard InChI is InChI=1S/C10H17N3O5/c1-10(18)2-3-12(6-10)9(17)13(4-7(11)14)5-8(15)16/h18H,2-6H2,1H3,(H2,11,14)(H,15,16). The Labute approximate surface area is 104 Å². The summed E-state index contributed by atoms with van der Waals surface area (Å²) in [6.07, 6.45) is 0.413. The fraction of sp³-hybridized carbons (Fsp3) is 0.700. The van der Waals surface area contributed by atoms with E-state index in [4.69, 9.17) is 10.8 Å². The van der Waals surface area contributed by atoms with Crippen molar-refractivity contribution in [3.8, 4) is 0 Å². The highest BCUT2D eigenvalue weighted by molar-refractivity contribution is 5.86. The summed E-state index contributed by atoms with van der Waals surface area (Å²) in [5.41, 5.74) is 3.99.